The molecule has 0 saturated carbocycles. The van der Waals surface area contributed by atoms with E-state index >= 15 is 0 Å². The van der Waals surface area contributed by atoms with Gasteiger partial charge in [0.1, 0.15) is 5.82 Å². The van der Waals surface area contributed by atoms with E-state index in [9.17, 15) is 20.1 Å². The zero-order valence-corrected chi connectivity index (χ0v) is 21.9. The summed E-state index contributed by atoms with van der Waals surface area (Å²) in [5.41, 5.74) is 0.353. The number of carbonyl (C=O) groups is 1. The molecule has 0 bridgehead atoms. The van der Waals surface area contributed by atoms with Crippen LogP contribution < -0.4 is 4.90 Å². The van der Waals surface area contributed by atoms with Crippen LogP contribution in [0.3, 0.4) is 0 Å². The van der Waals surface area contributed by atoms with Crippen LogP contribution in [0.25, 0.3) is 0 Å². The molecule has 0 aromatic carbocycles. The van der Waals surface area contributed by atoms with Crippen LogP contribution in [-0.2, 0) is 4.84 Å². The van der Waals surface area contributed by atoms with Crippen molar-refractivity contribution in [2.45, 2.75) is 83.5 Å². The first-order chi connectivity index (χ1) is 17.5. The van der Waals surface area contributed by atoms with E-state index in [1.54, 1.807) is 6.07 Å². The fourth-order valence-electron chi connectivity index (χ4n) is 4.42. The van der Waals surface area contributed by atoms with Gasteiger partial charge < -0.3 is 24.9 Å². The average Bonchev–Trinajstić information content (AvgIpc) is 2.88. The van der Waals surface area contributed by atoms with Crippen molar-refractivity contribution in [2.75, 3.05) is 51.3 Å². The van der Waals surface area contributed by atoms with Crippen molar-refractivity contribution in [1.82, 2.24) is 14.9 Å². The first kappa shape index (κ1) is 29.8. The summed E-state index contributed by atoms with van der Waals surface area (Å²) in [5, 5.41) is 22.1. The molecule has 0 aliphatic carbocycles. The number of aromatic nitrogens is 1. The molecule has 204 valence electrons. The molecule has 10 heteroatoms. The van der Waals surface area contributed by atoms with Gasteiger partial charge in [0.05, 0.1) is 12.2 Å². The second-order valence-electron chi connectivity index (χ2n) is 9.76. The Morgan fingerprint density at radius 2 is 1.44 bits per heavy atom. The number of likely N-dealkylation sites (N-methyl/N-ethyl adjacent to an activating group) is 1. The molecule has 10 nitrogen and oxygen atoms in total. The van der Waals surface area contributed by atoms with Gasteiger partial charge in [-0.3, -0.25) is 4.79 Å². The number of amides is 1. The SMILES string of the molecule is CN1CCN(c2ccc(C(=O)N([O-])CCCCCCCCCCCCCCCO[N+](=O)[O-])cn2)CC1. The number of anilines is 1. The van der Waals surface area contributed by atoms with Crippen molar-refractivity contribution in [1.29, 1.82) is 0 Å². The van der Waals surface area contributed by atoms with Gasteiger partial charge in [-0.05, 0) is 32.0 Å². The van der Waals surface area contributed by atoms with E-state index in [0.717, 1.165) is 70.5 Å². The van der Waals surface area contributed by atoms with Gasteiger partial charge in [-0.2, -0.15) is 0 Å². The summed E-state index contributed by atoms with van der Waals surface area (Å²) in [5.74, 6) is 0.354. The number of hydroxylamine groups is 2. The lowest BCUT2D eigenvalue weighted by Crippen LogP contribution is -2.44. The normalized spacial score (nSPS) is 14.1. The molecular formula is C26H44N5O5-. The molecule has 1 fully saturated rings. The van der Waals surface area contributed by atoms with Gasteiger partial charge in [-0.15, -0.1) is 10.1 Å². The molecule has 1 amide bonds. The highest BCUT2D eigenvalue weighted by Crippen LogP contribution is 2.16. The van der Waals surface area contributed by atoms with E-state index in [0.29, 0.717) is 10.6 Å². The first-order valence-electron chi connectivity index (χ1n) is 13.6. The Hall–Kier alpha value is -2.46. The topological polar surface area (TPSA) is 115 Å². The van der Waals surface area contributed by atoms with Crippen LogP contribution in [0.2, 0.25) is 0 Å². The van der Waals surface area contributed by atoms with Crippen LogP contribution in [-0.4, -0.2) is 72.3 Å². The maximum atomic E-state index is 12.4. The van der Waals surface area contributed by atoms with Crippen LogP contribution in [0.1, 0.15) is 93.8 Å². The number of hydrogen-bond donors (Lipinski definition) is 0. The summed E-state index contributed by atoms with van der Waals surface area (Å²) in [4.78, 5) is 35.6. The third-order valence-corrected chi connectivity index (χ3v) is 6.75. The van der Waals surface area contributed by atoms with E-state index in [1.807, 2.05) is 6.07 Å². The third kappa shape index (κ3) is 12.5. The van der Waals surface area contributed by atoms with Gasteiger partial charge in [0.25, 0.3) is 5.09 Å². The van der Waals surface area contributed by atoms with E-state index in [2.05, 4.69) is 26.7 Å². The number of hydrogen-bond acceptors (Lipinski definition) is 8. The number of rotatable bonds is 19. The summed E-state index contributed by atoms with van der Waals surface area (Å²) in [6, 6.07) is 3.55. The largest absolute Gasteiger partial charge is 0.756 e. The Labute approximate surface area is 215 Å². The summed E-state index contributed by atoms with van der Waals surface area (Å²) in [7, 11) is 2.10. The minimum absolute atomic E-state index is 0.207. The Morgan fingerprint density at radius 1 is 0.917 bits per heavy atom. The van der Waals surface area contributed by atoms with Crippen LogP contribution in [0.4, 0.5) is 5.82 Å². The van der Waals surface area contributed by atoms with Gasteiger partial charge in [-0.1, -0.05) is 70.6 Å². The molecule has 1 aliphatic heterocycles. The van der Waals surface area contributed by atoms with E-state index < -0.39 is 11.0 Å². The predicted molar refractivity (Wildman–Crippen MR) is 141 cm³/mol. The van der Waals surface area contributed by atoms with Crippen LogP contribution >= 0.6 is 0 Å². The Kier molecular flexibility index (Phi) is 14.8. The zero-order valence-electron chi connectivity index (χ0n) is 21.9. The lowest BCUT2D eigenvalue weighted by atomic mass is 10.0. The van der Waals surface area contributed by atoms with Gasteiger partial charge in [0.2, 0.25) is 5.91 Å². The minimum atomic E-state index is -0.729. The lowest BCUT2D eigenvalue weighted by molar-refractivity contribution is -0.757. The molecule has 2 heterocycles. The smallest absolute Gasteiger partial charge is 0.294 e. The Bertz CT molecular complexity index is 741. The average molecular weight is 507 g/mol. The maximum absolute atomic E-state index is 12.4. The monoisotopic (exact) mass is 506 g/mol. The Balaban J connectivity index is 1.42. The van der Waals surface area contributed by atoms with Crippen LogP contribution in [0, 0.1) is 15.3 Å². The molecule has 1 aliphatic rings. The predicted octanol–water partition coefficient (Wildman–Crippen LogP) is 5.05. The van der Waals surface area contributed by atoms with E-state index in [4.69, 9.17) is 0 Å². The highest BCUT2D eigenvalue weighted by molar-refractivity contribution is 5.94. The van der Waals surface area contributed by atoms with Gasteiger partial charge in [0, 0.05) is 38.9 Å². The van der Waals surface area contributed by atoms with E-state index in [-0.39, 0.29) is 13.2 Å². The summed E-state index contributed by atoms with van der Waals surface area (Å²) in [6.45, 7) is 4.25. The van der Waals surface area contributed by atoms with Crippen LogP contribution in [0.5, 0.6) is 0 Å². The van der Waals surface area contributed by atoms with Crippen molar-refractivity contribution in [3.8, 4) is 0 Å². The molecule has 0 atom stereocenters. The minimum Gasteiger partial charge on any atom is -0.756 e. The van der Waals surface area contributed by atoms with Gasteiger partial charge in [0.15, 0.2) is 0 Å². The first-order valence-corrected chi connectivity index (χ1v) is 13.6. The third-order valence-electron chi connectivity index (χ3n) is 6.75. The highest BCUT2D eigenvalue weighted by Gasteiger charge is 2.16. The van der Waals surface area contributed by atoms with E-state index in [1.165, 1.54) is 51.1 Å². The summed E-state index contributed by atoms with van der Waals surface area (Å²) < 4.78 is 0. The standard InChI is InChI=1S/C26H44N5O5/c1-28-18-20-29(21-19-28)25-16-15-24(23-27-25)26(32)30(33)17-13-11-9-7-5-3-2-4-6-8-10-12-14-22-36-31(34)35/h15-16,23H,2-14,17-22H2,1H3/q-1. The molecule has 0 N–H and O–H groups in total. The second kappa shape index (κ2) is 17.9. The van der Waals surface area contributed by atoms with Crippen molar-refractivity contribution in [3.63, 3.8) is 0 Å². The van der Waals surface area contributed by atoms with Gasteiger partial charge in [-0.25, -0.2) is 4.98 Å². The molecular weight excluding hydrogens is 462 g/mol. The van der Waals surface area contributed by atoms with Gasteiger partial charge >= 0.3 is 0 Å². The fraction of sp³-hybridized carbons (Fsp3) is 0.769. The number of unbranched alkanes of at least 4 members (excludes halogenated alkanes) is 12. The molecule has 0 spiro atoms. The number of carbonyl (C=O) groups excluding carboxylic acids is 1. The second-order valence-corrected chi connectivity index (χ2v) is 9.76. The molecule has 0 unspecified atom stereocenters. The molecule has 36 heavy (non-hydrogen) atoms. The van der Waals surface area contributed by atoms with Crippen molar-refractivity contribution in [2.24, 2.45) is 0 Å². The van der Waals surface area contributed by atoms with Crippen molar-refractivity contribution in [3.05, 3.63) is 39.2 Å². The number of piperazine rings is 1. The lowest BCUT2D eigenvalue weighted by Gasteiger charge is -2.33. The summed E-state index contributed by atoms with van der Waals surface area (Å²) >= 11 is 0. The number of nitrogens with zero attached hydrogens (tertiary/aromatic N) is 5. The molecule has 1 saturated heterocycles. The summed E-state index contributed by atoms with van der Waals surface area (Å²) in [6.07, 6.45) is 15.7. The number of pyridine rings is 1. The molecule has 1 aromatic rings. The molecule has 1 aromatic heterocycles. The van der Waals surface area contributed by atoms with Crippen LogP contribution in [0.15, 0.2) is 18.3 Å². The quantitative estimate of drug-likeness (QED) is 0.145. The Morgan fingerprint density at radius 3 is 1.94 bits per heavy atom. The zero-order chi connectivity index (χ0) is 26.0. The fourth-order valence-corrected chi connectivity index (χ4v) is 4.42. The highest BCUT2D eigenvalue weighted by atomic mass is 16.9. The molecule has 0 radical (unpaired) electrons. The van der Waals surface area contributed by atoms with Crippen molar-refractivity contribution >= 4 is 11.7 Å². The maximum Gasteiger partial charge on any atom is 0.294 e. The molecule has 2 rings (SSSR count). The van der Waals surface area contributed by atoms with Crippen molar-refractivity contribution < 1.29 is 14.7 Å².